The highest BCUT2D eigenvalue weighted by Crippen LogP contribution is 2.65. The van der Waals surface area contributed by atoms with E-state index in [4.69, 9.17) is 14.0 Å². The summed E-state index contributed by atoms with van der Waals surface area (Å²) in [6.45, 7) is 12.3. The van der Waals surface area contributed by atoms with Crippen LogP contribution in [-0.4, -0.2) is 47.9 Å². The fraction of sp³-hybridized carbons (Fsp3) is 0.714. The first-order chi connectivity index (χ1) is 16.8. The van der Waals surface area contributed by atoms with Crippen LogP contribution >= 0.6 is 0 Å². The number of benzene rings is 1. The monoisotopic (exact) mass is 496 g/mol. The van der Waals surface area contributed by atoms with Gasteiger partial charge in [0.1, 0.15) is 11.1 Å². The molecule has 2 bridgehead atoms. The molecule has 1 aromatic carbocycles. The van der Waals surface area contributed by atoms with Crippen molar-refractivity contribution in [2.45, 2.75) is 109 Å². The predicted octanol–water partition coefficient (Wildman–Crippen LogP) is 4.43. The highest BCUT2D eigenvalue weighted by molar-refractivity contribution is 6.48. The fourth-order valence-electron chi connectivity index (χ4n) is 6.90. The summed E-state index contributed by atoms with van der Waals surface area (Å²) in [4.78, 5) is 26.2. The summed E-state index contributed by atoms with van der Waals surface area (Å²) in [5, 5.41) is 6.11. The molecule has 4 aliphatic carbocycles. The smallest absolute Gasteiger partial charge is 0.444 e. The van der Waals surface area contributed by atoms with Gasteiger partial charge < -0.3 is 24.7 Å². The van der Waals surface area contributed by atoms with Crippen molar-refractivity contribution >= 4 is 19.1 Å². The van der Waals surface area contributed by atoms with E-state index in [1.807, 2.05) is 39.0 Å². The topological polar surface area (TPSA) is 85.9 Å². The highest BCUT2D eigenvalue weighted by atomic mass is 16.7. The standard InChI is InChI=1S/C28H41BN2O5/c1-25(2,3)34-24(33)31-28(13-10-14-28)23(32)30-22(15-18-11-8-7-9-12-18)29-35-21-17-19-16-20(26(19,4)5)27(21,6)36-29/h7-9,11-12,19-22H,10,13-17H2,1-6H3,(H,30,32)(H,31,33)/t19-,20-,21+,22-,27-/m0/s1. The van der Waals surface area contributed by atoms with Crippen LogP contribution in [0.15, 0.2) is 30.3 Å². The fourth-order valence-corrected chi connectivity index (χ4v) is 6.90. The number of carbonyl (C=O) groups is 2. The molecule has 196 valence electrons. The van der Waals surface area contributed by atoms with E-state index in [-0.39, 0.29) is 29.0 Å². The lowest BCUT2D eigenvalue weighted by atomic mass is 9.43. The van der Waals surface area contributed by atoms with Crippen molar-refractivity contribution in [3.8, 4) is 0 Å². The van der Waals surface area contributed by atoms with Crippen molar-refractivity contribution in [2.75, 3.05) is 0 Å². The van der Waals surface area contributed by atoms with E-state index < -0.39 is 24.4 Å². The van der Waals surface area contributed by atoms with Gasteiger partial charge in [-0.05, 0) is 89.0 Å². The molecular formula is C28H41BN2O5. The molecule has 0 aromatic heterocycles. The van der Waals surface area contributed by atoms with Gasteiger partial charge in [-0.15, -0.1) is 0 Å². The van der Waals surface area contributed by atoms with Gasteiger partial charge in [-0.25, -0.2) is 4.79 Å². The lowest BCUT2D eigenvalue weighted by Crippen LogP contribution is -2.66. The molecule has 1 aliphatic heterocycles. The van der Waals surface area contributed by atoms with Crippen molar-refractivity contribution in [3.63, 3.8) is 0 Å². The molecule has 5 aliphatic rings. The molecule has 1 heterocycles. The summed E-state index contributed by atoms with van der Waals surface area (Å²) in [6, 6.07) is 10.1. The molecule has 7 nitrogen and oxygen atoms in total. The summed E-state index contributed by atoms with van der Waals surface area (Å²) in [6.07, 6.45) is 4.27. The number of rotatable bonds is 6. The van der Waals surface area contributed by atoms with Crippen LogP contribution < -0.4 is 10.6 Å². The SMILES string of the molecule is CC(C)(C)OC(=O)NC1(C(=O)N[C@@H](Cc2ccccc2)B2O[C@@H]3C[C@@H]4C[C@@H](C4(C)C)[C@]3(C)O2)CCC1. The largest absolute Gasteiger partial charge is 0.482 e. The van der Waals surface area contributed by atoms with Crippen molar-refractivity contribution in [2.24, 2.45) is 17.3 Å². The zero-order chi connectivity index (χ0) is 25.9. The van der Waals surface area contributed by atoms with Crippen LogP contribution in [0.25, 0.3) is 0 Å². The number of amides is 2. The average Bonchev–Trinajstić information content (AvgIpc) is 3.12. The van der Waals surface area contributed by atoms with E-state index in [1.165, 1.54) is 6.42 Å². The van der Waals surface area contributed by atoms with Gasteiger partial charge in [0.15, 0.2) is 0 Å². The van der Waals surface area contributed by atoms with Gasteiger partial charge in [-0.2, -0.15) is 0 Å². The van der Waals surface area contributed by atoms with E-state index in [0.717, 1.165) is 18.4 Å². The van der Waals surface area contributed by atoms with E-state index >= 15 is 0 Å². The van der Waals surface area contributed by atoms with Crippen molar-refractivity contribution < 1.29 is 23.6 Å². The van der Waals surface area contributed by atoms with Crippen LogP contribution in [0.5, 0.6) is 0 Å². The van der Waals surface area contributed by atoms with Gasteiger partial charge in [-0.1, -0.05) is 44.2 Å². The van der Waals surface area contributed by atoms with Gasteiger partial charge in [0.05, 0.1) is 17.6 Å². The zero-order valence-electron chi connectivity index (χ0n) is 22.6. The Labute approximate surface area is 215 Å². The number of alkyl carbamates (subject to hydrolysis) is 1. The lowest BCUT2D eigenvalue weighted by Gasteiger charge is -2.64. The number of hydrogen-bond acceptors (Lipinski definition) is 5. The summed E-state index contributed by atoms with van der Waals surface area (Å²) in [5.41, 5.74) is -0.605. The molecule has 36 heavy (non-hydrogen) atoms. The highest BCUT2D eigenvalue weighted by Gasteiger charge is 2.68. The normalized spacial score (nSPS) is 32.4. The Morgan fingerprint density at radius 1 is 1.14 bits per heavy atom. The van der Waals surface area contributed by atoms with Gasteiger partial charge in [-0.3, -0.25) is 4.79 Å². The molecule has 1 saturated heterocycles. The molecular weight excluding hydrogens is 455 g/mol. The Bertz CT molecular complexity index is 1000. The van der Waals surface area contributed by atoms with Crippen molar-refractivity contribution in [1.29, 1.82) is 0 Å². The van der Waals surface area contributed by atoms with Crippen molar-refractivity contribution in [1.82, 2.24) is 10.6 Å². The minimum Gasteiger partial charge on any atom is -0.444 e. The average molecular weight is 496 g/mol. The Kier molecular flexibility index (Phi) is 6.23. The third-order valence-corrected chi connectivity index (χ3v) is 9.29. The number of nitrogens with one attached hydrogen (secondary N) is 2. The number of hydrogen-bond donors (Lipinski definition) is 2. The first-order valence-electron chi connectivity index (χ1n) is 13.5. The molecule has 5 atom stereocenters. The third kappa shape index (κ3) is 4.45. The van der Waals surface area contributed by atoms with Gasteiger partial charge in [0.25, 0.3) is 0 Å². The van der Waals surface area contributed by atoms with Crippen LogP contribution in [-0.2, 0) is 25.3 Å². The molecule has 4 saturated carbocycles. The van der Waals surface area contributed by atoms with Gasteiger partial charge in [0.2, 0.25) is 5.91 Å². The molecule has 8 heteroatoms. The second-order valence-corrected chi connectivity index (χ2v) is 13.2. The second-order valence-electron chi connectivity index (χ2n) is 13.2. The first-order valence-corrected chi connectivity index (χ1v) is 13.5. The molecule has 0 spiro atoms. The summed E-state index contributed by atoms with van der Waals surface area (Å²) < 4.78 is 18.7. The van der Waals surface area contributed by atoms with E-state index in [9.17, 15) is 9.59 Å². The Morgan fingerprint density at radius 2 is 1.83 bits per heavy atom. The maximum atomic E-state index is 13.7. The molecule has 1 aromatic rings. The molecule has 0 unspecified atom stereocenters. The molecule has 0 radical (unpaired) electrons. The summed E-state index contributed by atoms with van der Waals surface area (Å²) in [5.74, 6) is 0.526. The minimum atomic E-state index is -0.962. The Balaban J connectivity index is 1.34. The lowest BCUT2D eigenvalue weighted by molar-refractivity contribution is -0.199. The maximum absolute atomic E-state index is 13.7. The van der Waals surface area contributed by atoms with Gasteiger partial charge >= 0.3 is 13.2 Å². The van der Waals surface area contributed by atoms with Gasteiger partial charge in [0, 0.05) is 0 Å². The van der Waals surface area contributed by atoms with Crippen LogP contribution in [0.3, 0.4) is 0 Å². The summed E-state index contributed by atoms with van der Waals surface area (Å²) in [7, 11) is -0.544. The van der Waals surface area contributed by atoms with E-state index in [0.29, 0.717) is 31.1 Å². The molecule has 5 fully saturated rings. The Hall–Kier alpha value is -2.06. The predicted molar refractivity (Wildman–Crippen MR) is 138 cm³/mol. The maximum Gasteiger partial charge on any atom is 0.482 e. The second kappa shape index (κ2) is 8.76. The molecule has 2 amide bonds. The van der Waals surface area contributed by atoms with Crippen LogP contribution in [0.1, 0.15) is 79.2 Å². The zero-order valence-corrected chi connectivity index (χ0v) is 22.6. The molecule has 6 rings (SSSR count). The van der Waals surface area contributed by atoms with E-state index in [1.54, 1.807) is 0 Å². The molecule has 2 N–H and O–H groups in total. The van der Waals surface area contributed by atoms with Crippen molar-refractivity contribution in [3.05, 3.63) is 35.9 Å². The minimum absolute atomic E-state index is 0.0343. The number of ether oxygens (including phenoxy) is 1. The van der Waals surface area contributed by atoms with Crippen LogP contribution in [0.2, 0.25) is 0 Å². The van der Waals surface area contributed by atoms with Crippen LogP contribution in [0, 0.1) is 17.3 Å². The van der Waals surface area contributed by atoms with E-state index in [2.05, 4.69) is 43.5 Å². The summed E-state index contributed by atoms with van der Waals surface area (Å²) >= 11 is 0. The Morgan fingerprint density at radius 3 is 2.42 bits per heavy atom. The van der Waals surface area contributed by atoms with Crippen LogP contribution in [0.4, 0.5) is 4.79 Å². The quantitative estimate of drug-likeness (QED) is 0.570. The third-order valence-electron chi connectivity index (χ3n) is 9.29. The number of carbonyl (C=O) groups excluding carboxylic acids is 2. The first kappa shape index (κ1) is 25.6.